The summed E-state index contributed by atoms with van der Waals surface area (Å²) in [5.41, 5.74) is 6.48. The predicted molar refractivity (Wildman–Crippen MR) is 120 cm³/mol. The number of nitrogens with two attached hydrogens (primary N) is 1. The summed E-state index contributed by atoms with van der Waals surface area (Å²) in [7, 11) is 1.50. The highest BCUT2D eigenvalue weighted by Gasteiger charge is 2.22. The fraction of sp³-hybridized carbons (Fsp3) is 0.435. The van der Waals surface area contributed by atoms with E-state index < -0.39 is 0 Å². The summed E-state index contributed by atoms with van der Waals surface area (Å²) < 4.78 is 5.89. The molecular formula is C23H33N3OS. The van der Waals surface area contributed by atoms with Crippen molar-refractivity contribution in [2.45, 2.75) is 31.6 Å². The van der Waals surface area contributed by atoms with E-state index in [1.165, 1.54) is 19.0 Å². The minimum absolute atomic E-state index is 0.589. The Bertz CT molecular complexity index is 713. The van der Waals surface area contributed by atoms with Crippen molar-refractivity contribution in [1.82, 2.24) is 4.90 Å². The molecule has 0 bridgehead atoms. The number of hydrogen-bond acceptors (Lipinski definition) is 5. The Morgan fingerprint density at radius 3 is 2.57 bits per heavy atom. The quantitative estimate of drug-likeness (QED) is 0.707. The molecule has 5 heteroatoms. The molecule has 152 valence electrons. The molecule has 2 N–H and O–H groups in total. The number of hydrogen-bond donors (Lipinski definition) is 2. The number of rotatable bonds is 6. The molecule has 4 nitrogen and oxygen atoms in total. The van der Waals surface area contributed by atoms with Crippen LogP contribution in [0.1, 0.15) is 31.4 Å². The minimum Gasteiger partial charge on any atom is -0.493 e. The van der Waals surface area contributed by atoms with Gasteiger partial charge in [-0.25, -0.2) is 0 Å². The Hall–Kier alpha value is -2.00. The molecule has 0 spiro atoms. The van der Waals surface area contributed by atoms with Gasteiger partial charge < -0.3 is 15.4 Å². The Labute approximate surface area is 175 Å². The van der Waals surface area contributed by atoms with E-state index in [2.05, 4.69) is 35.4 Å². The molecule has 2 aromatic carbocycles. The Kier molecular flexibility index (Phi) is 12.1. The molecule has 3 rings (SSSR count). The van der Waals surface area contributed by atoms with Gasteiger partial charge in [0.2, 0.25) is 0 Å². The largest absolute Gasteiger partial charge is 0.493 e. The van der Waals surface area contributed by atoms with Gasteiger partial charge in [0.25, 0.3) is 0 Å². The summed E-state index contributed by atoms with van der Waals surface area (Å²) in [6.07, 6.45) is 2.18. The van der Waals surface area contributed by atoms with E-state index in [1.54, 1.807) is 0 Å². The highest BCUT2D eigenvalue weighted by atomic mass is 32.1. The van der Waals surface area contributed by atoms with Gasteiger partial charge in [-0.05, 0) is 68.4 Å². The van der Waals surface area contributed by atoms with Crippen LogP contribution in [-0.2, 0) is 6.42 Å². The molecule has 1 aliphatic rings. The average Bonchev–Trinajstić information content (AvgIpc) is 3.23. The number of benzene rings is 2. The van der Waals surface area contributed by atoms with Gasteiger partial charge in [-0.15, -0.1) is 12.6 Å². The van der Waals surface area contributed by atoms with E-state index in [0.717, 1.165) is 48.9 Å². The van der Waals surface area contributed by atoms with Crippen molar-refractivity contribution in [2.75, 3.05) is 33.3 Å². The van der Waals surface area contributed by atoms with Crippen molar-refractivity contribution in [3.8, 4) is 11.8 Å². The number of ether oxygens (including phenoxy) is 1. The van der Waals surface area contributed by atoms with Crippen LogP contribution in [0.15, 0.2) is 53.4 Å². The topological polar surface area (TPSA) is 62.3 Å². The smallest absolute Gasteiger partial charge is 0.119 e. The van der Waals surface area contributed by atoms with Gasteiger partial charge in [-0.3, -0.25) is 0 Å². The van der Waals surface area contributed by atoms with Gasteiger partial charge >= 0.3 is 0 Å². The van der Waals surface area contributed by atoms with E-state index in [1.807, 2.05) is 56.3 Å². The molecule has 1 fully saturated rings. The number of likely N-dealkylation sites (tertiary alicyclic amines) is 1. The van der Waals surface area contributed by atoms with Gasteiger partial charge in [0.05, 0.1) is 18.2 Å². The zero-order valence-electron chi connectivity index (χ0n) is 17.3. The van der Waals surface area contributed by atoms with E-state index in [-0.39, 0.29) is 0 Å². The fourth-order valence-corrected chi connectivity index (χ4v) is 3.24. The summed E-state index contributed by atoms with van der Waals surface area (Å²) in [6.45, 7) is 8.02. The van der Waals surface area contributed by atoms with Gasteiger partial charge in [-0.1, -0.05) is 26.0 Å². The lowest BCUT2D eigenvalue weighted by Crippen LogP contribution is -2.24. The molecule has 1 unspecified atom stereocenters. The zero-order valence-corrected chi connectivity index (χ0v) is 18.2. The van der Waals surface area contributed by atoms with Crippen molar-refractivity contribution < 1.29 is 4.74 Å². The first-order chi connectivity index (χ1) is 13.7. The molecule has 0 aromatic heterocycles. The predicted octanol–water partition coefficient (Wildman–Crippen LogP) is 4.39. The second-order valence-electron chi connectivity index (χ2n) is 6.32. The summed E-state index contributed by atoms with van der Waals surface area (Å²) in [5.74, 6) is 1.51. The number of nitriles is 1. The first-order valence-corrected chi connectivity index (χ1v) is 10.4. The van der Waals surface area contributed by atoms with Crippen LogP contribution in [0.25, 0.3) is 0 Å². The highest BCUT2D eigenvalue weighted by molar-refractivity contribution is 7.80. The van der Waals surface area contributed by atoms with Crippen molar-refractivity contribution in [1.29, 1.82) is 5.26 Å². The Morgan fingerprint density at radius 2 is 1.89 bits per heavy atom. The van der Waals surface area contributed by atoms with Crippen LogP contribution >= 0.6 is 12.6 Å². The van der Waals surface area contributed by atoms with Gasteiger partial charge in [0.1, 0.15) is 5.75 Å². The van der Waals surface area contributed by atoms with Crippen LogP contribution in [0.3, 0.4) is 0 Å². The van der Waals surface area contributed by atoms with Crippen LogP contribution in [0.4, 0.5) is 0 Å². The molecule has 2 aromatic rings. The third-order valence-electron chi connectivity index (χ3n) is 4.47. The second-order valence-corrected chi connectivity index (χ2v) is 6.84. The first-order valence-electron chi connectivity index (χ1n) is 9.94. The first kappa shape index (κ1) is 24.0. The summed E-state index contributed by atoms with van der Waals surface area (Å²) in [5, 5.41) is 8.97. The molecule has 1 saturated heterocycles. The van der Waals surface area contributed by atoms with Crippen molar-refractivity contribution in [3.05, 3.63) is 59.7 Å². The van der Waals surface area contributed by atoms with E-state index in [0.29, 0.717) is 5.92 Å². The lowest BCUT2D eigenvalue weighted by molar-refractivity contribution is 0.241. The Morgan fingerprint density at radius 1 is 1.18 bits per heavy atom. The Balaban J connectivity index is 0.000000921. The maximum absolute atomic E-state index is 8.97. The highest BCUT2D eigenvalue weighted by Crippen LogP contribution is 2.20. The molecule has 0 saturated carbocycles. The van der Waals surface area contributed by atoms with E-state index >= 15 is 0 Å². The summed E-state index contributed by atoms with van der Waals surface area (Å²) in [6, 6.07) is 18.0. The molecule has 0 radical (unpaired) electrons. The average molecular weight is 400 g/mol. The van der Waals surface area contributed by atoms with Crippen molar-refractivity contribution in [2.24, 2.45) is 11.7 Å². The molecule has 1 aliphatic heterocycles. The van der Waals surface area contributed by atoms with Gasteiger partial charge in [0, 0.05) is 23.9 Å². The third-order valence-corrected chi connectivity index (χ3v) is 4.76. The lowest BCUT2D eigenvalue weighted by atomic mass is 10.1. The van der Waals surface area contributed by atoms with Crippen LogP contribution in [0.2, 0.25) is 0 Å². The summed E-state index contributed by atoms with van der Waals surface area (Å²) >= 11 is 4.28. The second kappa shape index (κ2) is 14.1. The zero-order chi connectivity index (χ0) is 20.8. The molecule has 0 amide bonds. The fourth-order valence-electron chi connectivity index (χ4n) is 3.09. The molecular weight excluding hydrogens is 366 g/mol. The molecule has 1 heterocycles. The molecule has 0 aliphatic carbocycles. The van der Waals surface area contributed by atoms with Crippen molar-refractivity contribution >= 4 is 12.6 Å². The minimum atomic E-state index is 0.589. The third kappa shape index (κ3) is 8.35. The number of nitrogens with zero attached hydrogens (tertiary/aromatic N) is 2. The van der Waals surface area contributed by atoms with Crippen LogP contribution in [-0.4, -0.2) is 38.2 Å². The standard InChI is InChI=1S/C20H22N2OS.C2H6.CH5N/c21-13-17-3-1-2-16(12-17)8-10-22-11-9-18(14-22)15-23-19-4-6-20(24)7-5-19;2*1-2/h1-7,12,18,24H,8-11,14-15H2;1-2H3;2H2,1H3. The SMILES string of the molecule is CC.CN.N#Cc1cccc(CCN2CCC(COc3ccc(S)cc3)C2)c1. The van der Waals surface area contributed by atoms with E-state index in [9.17, 15) is 0 Å². The van der Waals surface area contributed by atoms with Crippen LogP contribution in [0.5, 0.6) is 5.75 Å². The molecule has 1 atom stereocenters. The number of thiol groups is 1. The molecule has 28 heavy (non-hydrogen) atoms. The maximum atomic E-state index is 8.97. The van der Waals surface area contributed by atoms with Gasteiger partial charge in [-0.2, -0.15) is 5.26 Å². The lowest BCUT2D eigenvalue weighted by Gasteiger charge is -2.16. The monoisotopic (exact) mass is 399 g/mol. The summed E-state index contributed by atoms with van der Waals surface area (Å²) in [4.78, 5) is 3.44. The van der Waals surface area contributed by atoms with E-state index in [4.69, 9.17) is 10.00 Å². The normalized spacial score (nSPS) is 15.5. The van der Waals surface area contributed by atoms with Crippen LogP contribution < -0.4 is 10.5 Å². The van der Waals surface area contributed by atoms with Crippen LogP contribution in [0, 0.1) is 17.2 Å². The van der Waals surface area contributed by atoms with Gasteiger partial charge in [0.15, 0.2) is 0 Å². The van der Waals surface area contributed by atoms with Crippen molar-refractivity contribution in [3.63, 3.8) is 0 Å². The maximum Gasteiger partial charge on any atom is 0.119 e.